The maximum Gasteiger partial charge on any atom is 0.352 e. The number of hydrogen-bond acceptors (Lipinski definition) is 1. The second-order valence-corrected chi connectivity index (χ2v) is 3.59. The van der Waals surface area contributed by atoms with Crippen LogP contribution in [0.1, 0.15) is 10.5 Å². The van der Waals surface area contributed by atoms with Crippen molar-refractivity contribution < 1.29 is 18.7 Å². The highest BCUT2D eigenvalue weighted by molar-refractivity contribution is 5.87. The monoisotopic (exact) mass is 237 g/mol. The van der Waals surface area contributed by atoms with Gasteiger partial charge in [0.1, 0.15) is 17.3 Å². The number of nitrogens with zero attached hydrogens (tertiary/aromatic N) is 1. The summed E-state index contributed by atoms with van der Waals surface area (Å²) in [6.07, 6.45) is 0. The van der Waals surface area contributed by atoms with Crippen LogP contribution in [0.4, 0.5) is 8.78 Å². The Bertz CT molecular complexity index is 590. The Morgan fingerprint density at radius 2 is 1.94 bits per heavy atom. The lowest BCUT2D eigenvalue weighted by Gasteiger charge is -2.06. The summed E-state index contributed by atoms with van der Waals surface area (Å²) >= 11 is 0. The second kappa shape index (κ2) is 4.01. The number of carbonyl (C=O) groups is 1. The van der Waals surface area contributed by atoms with Gasteiger partial charge in [-0.1, -0.05) is 0 Å². The molecule has 0 aliphatic heterocycles. The first-order chi connectivity index (χ1) is 8.00. The summed E-state index contributed by atoms with van der Waals surface area (Å²) in [5, 5.41) is 8.86. The van der Waals surface area contributed by atoms with Crippen LogP contribution in [0.15, 0.2) is 30.3 Å². The van der Waals surface area contributed by atoms with E-state index in [1.165, 1.54) is 23.7 Å². The fourth-order valence-corrected chi connectivity index (χ4v) is 1.69. The predicted octanol–water partition coefficient (Wildman–Crippen LogP) is 2.67. The van der Waals surface area contributed by atoms with Crippen molar-refractivity contribution in [3.05, 3.63) is 47.7 Å². The van der Waals surface area contributed by atoms with Crippen LogP contribution in [0.2, 0.25) is 0 Å². The number of carboxylic acid groups (broad SMARTS) is 1. The Morgan fingerprint density at radius 1 is 1.24 bits per heavy atom. The number of aromatic carboxylic acids is 1. The molecule has 0 atom stereocenters. The van der Waals surface area contributed by atoms with Crippen LogP contribution in [0, 0.1) is 11.6 Å². The molecular formula is C12H9F2NO2. The summed E-state index contributed by atoms with van der Waals surface area (Å²) in [6, 6.07) is 5.86. The average molecular weight is 237 g/mol. The molecule has 0 fully saturated rings. The summed E-state index contributed by atoms with van der Waals surface area (Å²) in [7, 11) is 1.49. The van der Waals surface area contributed by atoms with Crippen molar-refractivity contribution in [2.24, 2.45) is 7.05 Å². The number of rotatable bonds is 2. The predicted molar refractivity (Wildman–Crippen MR) is 57.7 cm³/mol. The number of hydrogen-bond donors (Lipinski definition) is 1. The summed E-state index contributed by atoms with van der Waals surface area (Å²) in [6.45, 7) is 0. The molecule has 0 spiro atoms. The summed E-state index contributed by atoms with van der Waals surface area (Å²) in [5.74, 6) is -2.28. The van der Waals surface area contributed by atoms with Crippen LogP contribution >= 0.6 is 0 Å². The van der Waals surface area contributed by atoms with Crippen molar-refractivity contribution in [1.29, 1.82) is 0 Å². The van der Waals surface area contributed by atoms with Gasteiger partial charge in [-0.2, -0.15) is 0 Å². The van der Waals surface area contributed by atoms with Crippen LogP contribution in [-0.2, 0) is 7.05 Å². The third kappa shape index (κ3) is 1.91. The zero-order valence-electron chi connectivity index (χ0n) is 8.95. The topological polar surface area (TPSA) is 42.2 Å². The highest BCUT2D eigenvalue weighted by atomic mass is 19.1. The van der Waals surface area contributed by atoms with Gasteiger partial charge in [-0.25, -0.2) is 13.6 Å². The van der Waals surface area contributed by atoms with Gasteiger partial charge in [-0.3, -0.25) is 0 Å². The van der Waals surface area contributed by atoms with Gasteiger partial charge in [0.25, 0.3) is 0 Å². The van der Waals surface area contributed by atoms with E-state index < -0.39 is 17.6 Å². The molecule has 0 unspecified atom stereocenters. The quantitative estimate of drug-likeness (QED) is 0.872. The highest BCUT2D eigenvalue weighted by Gasteiger charge is 2.15. The lowest BCUT2D eigenvalue weighted by atomic mass is 10.1. The SMILES string of the molecule is Cn1c(C(=O)O)ccc1-c1cc(F)ccc1F. The number of aromatic nitrogens is 1. The van der Waals surface area contributed by atoms with Gasteiger partial charge in [-0.15, -0.1) is 0 Å². The summed E-state index contributed by atoms with van der Waals surface area (Å²) in [4.78, 5) is 10.8. The van der Waals surface area contributed by atoms with Gasteiger partial charge in [0.2, 0.25) is 0 Å². The van der Waals surface area contributed by atoms with Gasteiger partial charge in [0, 0.05) is 12.6 Å². The van der Waals surface area contributed by atoms with Crippen molar-refractivity contribution in [1.82, 2.24) is 4.57 Å². The molecule has 1 aromatic carbocycles. The maximum absolute atomic E-state index is 13.5. The van der Waals surface area contributed by atoms with Crippen molar-refractivity contribution >= 4 is 5.97 Å². The minimum absolute atomic E-state index is 0.0173. The molecule has 2 rings (SSSR count). The van der Waals surface area contributed by atoms with Gasteiger partial charge in [-0.05, 0) is 30.3 Å². The molecule has 5 heteroatoms. The molecule has 0 saturated heterocycles. The smallest absolute Gasteiger partial charge is 0.352 e. The third-order valence-electron chi connectivity index (χ3n) is 2.55. The second-order valence-electron chi connectivity index (χ2n) is 3.59. The first-order valence-corrected chi connectivity index (χ1v) is 4.85. The molecule has 1 heterocycles. The lowest BCUT2D eigenvalue weighted by Crippen LogP contribution is -2.05. The molecule has 0 aliphatic carbocycles. The van der Waals surface area contributed by atoms with E-state index in [0.717, 1.165) is 18.2 Å². The minimum Gasteiger partial charge on any atom is -0.477 e. The fraction of sp³-hybridized carbons (Fsp3) is 0.0833. The number of carboxylic acids is 1. The van der Waals surface area contributed by atoms with Crippen LogP contribution in [0.3, 0.4) is 0 Å². The van der Waals surface area contributed by atoms with Crippen LogP contribution in [0.25, 0.3) is 11.3 Å². The van der Waals surface area contributed by atoms with E-state index in [1.54, 1.807) is 0 Å². The maximum atomic E-state index is 13.5. The Balaban J connectivity index is 2.61. The highest BCUT2D eigenvalue weighted by Crippen LogP contribution is 2.25. The minimum atomic E-state index is -1.12. The van der Waals surface area contributed by atoms with Gasteiger partial charge in [0.15, 0.2) is 0 Å². The lowest BCUT2D eigenvalue weighted by molar-refractivity contribution is 0.0686. The molecule has 1 aromatic heterocycles. The van der Waals surface area contributed by atoms with E-state index in [0.29, 0.717) is 5.69 Å². The molecule has 0 bridgehead atoms. The van der Waals surface area contributed by atoms with Crippen molar-refractivity contribution in [3.63, 3.8) is 0 Å². The fourth-order valence-electron chi connectivity index (χ4n) is 1.69. The molecule has 0 radical (unpaired) electrons. The zero-order valence-corrected chi connectivity index (χ0v) is 8.95. The summed E-state index contributed by atoms with van der Waals surface area (Å²) < 4.78 is 27.9. The first-order valence-electron chi connectivity index (χ1n) is 4.85. The number of benzene rings is 1. The molecule has 17 heavy (non-hydrogen) atoms. The van der Waals surface area contributed by atoms with Crippen LogP contribution < -0.4 is 0 Å². The summed E-state index contributed by atoms with van der Waals surface area (Å²) in [5.41, 5.74) is 0.378. The van der Waals surface area contributed by atoms with E-state index in [-0.39, 0.29) is 11.3 Å². The third-order valence-corrected chi connectivity index (χ3v) is 2.55. The molecule has 3 nitrogen and oxygen atoms in total. The van der Waals surface area contributed by atoms with Crippen LogP contribution in [-0.4, -0.2) is 15.6 Å². The zero-order chi connectivity index (χ0) is 12.6. The Kier molecular flexibility index (Phi) is 2.67. The van der Waals surface area contributed by atoms with E-state index in [9.17, 15) is 13.6 Å². The van der Waals surface area contributed by atoms with Gasteiger partial charge in [0.05, 0.1) is 5.69 Å². The van der Waals surface area contributed by atoms with Crippen molar-refractivity contribution in [2.45, 2.75) is 0 Å². The van der Waals surface area contributed by atoms with Gasteiger partial charge < -0.3 is 9.67 Å². The average Bonchev–Trinajstić information content (AvgIpc) is 2.64. The molecule has 0 saturated carbocycles. The Hall–Kier alpha value is -2.17. The van der Waals surface area contributed by atoms with E-state index in [4.69, 9.17) is 5.11 Å². The van der Waals surface area contributed by atoms with Crippen LogP contribution in [0.5, 0.6) is 0 Å². The van der Waals surface area contributed by atoms with Crippen molar-refractivity contribution in [2.75, 3.05) is 0 Å². The van der Waals surface area contributed by atoms with E-state index in [1.807, 2.05) is 0 Å². The molecule has 0 aliphatic rings. The Labute approximate surface area is 95.9 Å². The van der Waals surface area contributed by atoms with E-state index >= 15 is 0 Å². The Morgan fingerprint density at radius 3 is 2.53 bits per heavy atom. The van der Waals surface area contributed by atoms with Crippen molar-refractivity contribution in [3.8, 4) is 11.3 Å². The molecule has 1 N–H and O–H groups in total. The van der Waals surface area contributed by atoms with E-state index in [2.05, 4.69) is 0 Å². The largest absolute Gasteiger partial charge is 0.477 e. The normalized spacial score (nSPS) is 10.5. The molecule has 2 aromatic rings. The molecular weight excluding hydrogens is 228 g/mol. The standard InChI is InChI=1S/C12H9F2NO2/c1-15-10(4-5-11(15)12(16)17)8-6-7(13)2-3-9(8)14/h2-6H,1H3,(H,16,17). The molecule has 0 amide bonds. The first kappa shape index (κ1) is 11.3. The van der Waals surface area contributed by atoms with Gasteiger partial charge >= 0.3 is 5.97 Å². The number of halogens is 2. The molecule has 88 valence electrons.